The number of aliphatic carboxylic acids is 1. The summed E-state index contributed by atoms with van der Waals surface area (Å²) in [4.78, 5) is 43.5. The van der Waals surface area contributed by atoms with Crippen LogP contribution in [-0.2, 0) is 11.2 Å². The van der Waals surface area contributed by atoms with Crippen molar-refractivity contribution in [3.8, 4) is 0 Å². The molecule has 0 radical (unpaired) electrons. The van der Waals surface area contributed by atoms with Crippen LogP contribution in [0, 0.1) is 5.92 Å². The minimum atomic E-state index is -5.08. The Labute approximate surface area is 167 Å². The molecule has 0 spiro atoms. The van der Waals surface area contributed by atoms with Gasteiger partial charge < -0.3 is 25.4 Å². The quantitative estimate of drug-likeness (QED) is 0.418. The highest BCUT2D eigenvalue weighted by molar-refractivity contribution is 5.83. The van der Waals surface area contributed by atoms with Crippen LogP contribution in [0.3, 0.4) is 0 Å². The van der Waals surface area contributed by atoms with Crippen molar-refractivity contribution in [3.05, 3.63) is 32.6 Å². The van der Waals surface area contributed by atoms with Gasteiger partial charge in [-0.3, -0.25) is 14.8 Å². The van der Waals surface area contributed by atoms with Crippen LogP contribution < -0.4 is 16.6 Å². The second kappa shape index (κ2) is 8.13. The molecule has 0 aromatic carbocycles. The highest BCUT2D eigenvalue weighted by Gasteiger charge is 2.47. The average molecular weight is 433 g/mol. The molecule has 4 rings (SSSR count). The Morgan fingerprint density at radius 1 is 1.30 bits per heavy atom. The van der Waals surface area contributed by atoms with Crippen molar-refractivity contribution in [2.75, 3.05) is 6.54 Å². The molecule has 30 heavy (non-hydrogen) atoms. The number of hydrogen-bond donors (Lipinski definition) is 5. The van der Waals surface area contributed by atoms with Gasteiger partial charge in [0.25, 0.3) is 5.56 Å². The first kappa shape index (κ1) is 21.9. The number of nitrogens with one attached hydrogen (secondary N) is 3. The second-order valence-corrected chi connectivity index (χ2v) is 7.65. The van der Waals surface area contributed by atoms with Crippen molar-refractivity contribution in [1.29, 1.82) is 0 Å². The van der Waals surface area contributed by atoms with Gasteiger partial charge in [-0.15, -0.1) is 0 Å². The van der Waals surface area contributed by atoms with Gasteiger partial charge in [-0.1, -0.05) is 6.92 Å². The van der Waals surface area contributed by atoms with E-state index in [0.717, 1.165) is 18.8 Å². The fourth-order valence-corrected chi connectivity index (χ4v) is 4.16. The topological polar surface area (TPSA) is 151 Å². The van der Waals surface area contributed by atoms with Crippen molar-refractivity contribution in [2.45, 2.75) is 56.6 Å². The molecule has 0 bridgehead atoms. The number of alkyl halides is 3. The number of aromatic nitrogens is 2. The van der Waals surface area contributed by atoms with E-state index in [9.17, 15) is 27.9 Å². The monoisotopic (exact) mass is 433 g/mol. The van der Waals surface area contributed by atoms with E-state index in [1.54, 1.807) is 0 Å². The molecular formula is C17H22F3N5O5. The Kier molecular flexibility index (Phi) is 5.92. The molecule has 4 heterocycles. The fraction of sp³-hybridized carbons (Fsp3) is 0.647. The standard InChI is InChI=1S/C15H21N5O3.C2HF3O2/c1-7-11-6-16-14-17-8(3-10(20(11)14)5-12(7)21)2-9-4-13(22)19-15(23)18-9;3-2(4,5)1(6)7/h4,7-8,10-12,21H,2-3,5-6H2,1H3,(H,16,17)(H2,18,19,22,23);(H,6,7)/t7-,8+,10+,11-,12+;/m1./s1. The summed E-state index contributed by atoms with van der Waals surface area (Å²) in [7, 11) is 0. The molecule has 1 aromatic heterocycles. The number of carboxylic acids is 1. The lowest BCUT2D eigenvalue weighted by atomic mass is 9.81. The molecule has 3 aliphatic rings. The van der Waals surface area contributed by atoms with Crippen LogP contribution in [0.25, 0.3) is 0 Å². The summed E-state index contributed by atoms with van der Waals surface area (Å²) >= 11 is 0. The third-order valence-corrected chi connectivity index (χ3v) is 5.57. The van der Waals surface area contributed by atoms with Crippen LogP contribution in [-0.4, -0.2) is 74.0 Å². The summed E-state index contributed by atoms with van der Waals surface area (Å²) in [5.41, 5.74) is -0.254. The van der Waals surface area contributed by atoms with Gasteiger partial charge in [-0.05, 0) is 12.8 Å². The SMILES string of the molecule is C[C@@H]1[C@H]2CN=C3N[C@@H](Cc4cc(=O)[nH]c(=O)[nH]4)C[C@@H](C[C@@H]1O)N32.O=C(O)C(F)(F)F. The maximum absolute atomic E-state index is 11.4. The van der Waals surface area contributed by atoms with E-state index in [4.69, 9.17) is 9.90 Å². The zero-order valence-corrected chi connectivity index (χ0v) is 15.9. The van der Waals surface area contributed by atoms with Gasteiger partial charge in [0.05, 0.1) is 18.7 Å². The first-order valence-electron chi connectivity index (χ1n) is 9.35. The highest BCUT2D eigenvalue weighted by atomic mass is 19.4. The number of rotatable bonds is 2. The molecule has 166 valence electrons. The number of piperidine rings is 1. The van der Waals surface area contributed by atoms with E-state index in [1.165, 1.54) is 6.07 Å². The number of aliphatic hydroxyl groups is 1. The minimum Gasteiger partial charge on any atom is -0.475 e. The number of aromatic amines is 2. The van der Waals surface area contributed by atoms with Crippen LogP contribution in [0.4, 0.5) is 13.2 Å². The molecule has 5 atom stereocenters. The number of aliphatic imine (C=N–C) groups is 1. The smallest absolute Gasteiger partial charge is 0.475 e. The van der Waals surface area contributed by atoms with Gasteiger partial charge in [-0.25, -0.2) is 9.59 Å². The van der Waals surface area contributed by atoms with Crippen LogP contribution in [0.5, 0.6) is 0 Å². The minimum absolute atomic E-state index is 0.0896. The predicted octanol–water partition coefficient (Wildman–Crippen LogP) is -0.590. The van der Waals surface area contributed by atoms with Crippen molar-refractivity contribution in [2.24, 2.45) is 10.9 Å². The second-order valence-electron chi connectivity index (χ2n) is 7.65. The van der Waals surface area contributed by atoms with Gasteiger partial charge in [0.15, 0.2) is 5.96 Å². The number of halogens is 3. The fourth-order valence-electron chi connectivity index (χ4n) is 4.16. The number of aliphatic hydroxyl groups excluding tert-OH is 1. The number of carboxylic acid groups (broad SMARTS) is 1. The number of nitrogens with zero attached hydrogens (tertiary/aromatic N) is 2. The third-order valence-electron chi connectivity index (χ3n) is 5.57. The highest BCUT2D eigenvalue weighted by Crippen LogP contribution is 2.36. The molecule has 0 amide bonds. The van der Waals surface area contributed by atoms with Gasteiger partial charge in [0, 0.05) is 36.2 Å². The van der Waals surface area contributed by atoms with Crippen molar-refractivity contribution in [3.63, 3.8) is 0 Å². The third kappa shape index (κ3) is 4.66. The van der Waals surface area contributed by atoms with Crippen LogP contribution in [0.1, 0.15) is 25.5 Å². The maximum atomic E-state index is 11.4. The van der Waals surface area contributed by atoms with Gasteiger partial charge in [-0.2, -0.15) is 13.2 Å². The van der Waals surface area contributed by atoms with Crippen molar-refractivity contribution >= 4 is 11.9 Å². The first-order valence-corrected chi connectivity index (χ1v) is 9.35. The summed E-state index contributed by atoms with van der Waals surface area (Å²) in [5, 5.41) is 20.8. The summed E-state index contributed by atoms with van der Waals surface area (Å²) in [6, 6.07) is 2.04. The molecule has 2 fully saturated rings. The average Bonchev–Trinajstić information content (AvgIpc) is 3.03. The van der Waals surface area contributed by atoms with E-state index < -0.39 is 17.8 Å². The molecule has 10 nitrogen and oxygen atoms in total. The Bertz CT molecular complexity index is 914. The molecule has 1 aromatic rings. The van der Waals surface area contributed by atoms with E-state index in [1.807, 2.05) is 0 Å². The molecule has 5 N–H and O–H groups in total. The Hall–Kier alpha value is -2.83. The maximum Gasteiger partial charge on any atom is 0.490 e. The number of carbonyl (C=O) groups is 1. The molecule has 0 aliphatic carbocycles. The molecule has 3 aliphatic heterocycles. The normalized spacial score (nSPS) is 29.8. The lowest BCUT2D eigenvalue weighted by Crippen LogP contribution is -2.64. The summed E-state index contributed by atoms with van der Waals surface area (Å²) in [5.74, 6) is -1.65. The van der Waals surface area contributed by atoms with E-state index >= 15 is 0 Å². The van der Waals surface area contributed by atoms with Crippen LogP contribution >= 0.6 is 0 Å². The summed E-state index contributed by atoms with van der Waals surface area (Å²) < 4.78 is 31.7. The molecular weight excluding hydrogens is 411 g/mol. The van der Waals surface area contributed by atoms with Crippen molar-refractivity contribution < 1.29 is 28.2 Å². The number of H-pyrrole nitrogens is 2. The lowest BCUT2D eigenvalue weighted by Gasteiger charge is -2.49. The Morgan fingerprint density at radius 3 is 2.57 bits per heavy atom. The van der Waals surface area contributed by atoms with E-state index in [2.05, 4.69) is 32.1 Å². The zero-order valence-electron chi connectivity index (χ0n) is 15.9. The molecule has 2 saturated heterocycles. The molecule has 0 unspecified atom stereocenters. The predicted molar refractivity (Wildman–Crippen MR) is 98.1 cm³/mol. The first-order chi connectivity index (χ1) is 14.0. The van der Waals surface area contributed by atoms with Crippen molar-refractivity contribution in [1.82, 2.24) is 20.2 Å². The van der Waals surface area contributed by atoms with Gasteiger partial charge in [0.2, 0.25) is 0 Å². The van der Waals surface area contributed by atoms with Gasteiger partial charge >= 0.3 is 17.8 Å². The van der Waals surface area contributed by atoms with E-state index in [-0.39, 0.29) is 35.7 Å². The van der Waals surface area contributed by atoms with Gasteiger partial charge in [0.1, 0.15) is 0 Å². The number of guanidine groups is 1. The summed E-state index contributed by atoms with van der Waals surface area (Å²) in [6.45, 7) is 2.79. The Balaban J connectivity index is 0.000000318. The lowest BCUT2D eigenvalue weighted by molar-refractivity contribution is -0.192. The number of hydrogen-bond acceptors (Lipinski definition) is 7. The van der Waals surface area contributed by atoms with Crippen LogP contribution in [0.2, 0.25) is 0 Å². The zero-order chi connectivity index (χ0) is 22.2. The van der Waals surface area contributed by atoms with Crippen LogP contribution in [0.15, 0.2) is 20.6 Å². The van der Waals surface area contributed by atoms with E-state index in [0.29, 0.717) is 18.7 Å². The molecule has 13 heteroatoms. The molecule has 0 saturated carbocycles. The largest absolute Gasteiger partial charge is 0.490 e. The summed E-state index contributed by atoms with van der Waals surface area (Å²) in [6.07, 6.45) is -3.23. The Morgan fingerprint density at radius 2 is 1.97 bits per heavy atom.